The van der Waals surface area contributed by atoms with Crippen LogP contribution in [0.25, 0.3) is 0 Å². The van der Waals surface area contributed by atoms with Crippen LogP contribution in [-0.4, -0.2) is 4.98 Å². The van der Waals surface area contributed by atoms with Gasteiger partial charge in [-0.05, 0) is 36.0 Å². The normalized spacial score (nSPS) is 9.89. The summed E-state index contributed by atoms with van der Waals surface area (Å²) in [5.41, 5.74) is 0.537. The first-order chi connectivity index (χ1) is 13.8. The molecule has 4 aromatic rings. The highest BCUT2D eigenvalue weighted by molar-refractivity contribution is 7.79. The lowest BCUT2D eigenvalue weighted by Crippen LogP contribution is -2.20. The summed E-state index contributed by atoms with van der Waals surface area (Å²) >= 11 is 5.46. The lowest BCUT2D eigenvalue weighted by Gasteiger charge is -2.18. The molecule has 136 valence electrons. The number of benzene rings is 3. The number of nitriles is 1. The summed E-state index contributed by atoms with van der Waals surface area (Å²) in [7, 11) is -0.446. The van der Waals surface area contributed by atoms with Crippen LogP contribution in [0.4, 0.5) is 0 Å². The summed E-state index contributed by atoms with van der Waals surface area (Å²) in [5.74, 6) is 0. The maximum atomic E-state index is 8.33. The fraction of sp³-hybridized carbons (Fsp3) is 0. The Morgan fingerprint density at radius 2 is 1.11 bits per heavy atom. The third kappa shape index (κ3) is 5.51. The van der Waals surface area contributed by atoms with E-state index in [2.05, 4.69) is 96.0 Å². The molecule has 0 aliphatic heterocycles. The van der Waals surface area contributed by atoms with Gasteiger partial charge in [0.2, 0.25) is 0 Å². The lowest BCUT2D eigenvalue weighted by atomic mass is 10.3. The number of hydrogen-bond acceptors (Lipinski definition) is 2. The Morgan fingerprint density at radius 1 is 0.679 bits per heavy atom. The number of aromatic nitrogens is 1. The van der Waals surface area contributed by atoms with Crippen molar-refractivity contribution in [1.82, 2.24) is 4.98 Å². The average Bonchev–Trinajstić information content (AvgIpc) is 2.77. The van der Waals surface area contributed by atoms with E-state index in [1.165, 1.54) is 28.2 Å². The molecular weight excluding hydrogens is 383 g/mol. The van der Waals surface area contributed by atoms with Gasteiger partial charge in [0.25, 0.3) is 0 Å². The lowest BCUT2D eigenvalue weighted by molar-refractivity contribution is 1.31. The van der Waals surface area contributed by atoms with Crippen LogP contribution in [0.15, 0.2) is 109 Å². The summed E-state index contributed by atoms with van der Waals surface area (Å²) in [6, 6.07) is 37.4. The zero-order valence-electron chi connectivity index (χ0n) is 15.1. The van der Waals surface area contributed by atoms with E-state index >= 15 is 0 Å². The van der Waals surface area contributed by atoms with Crippen molar-refractivity contribution in [1.29, 1.82) is 5.26 Å². The van der Waals surface area contributed by atoms with Crippen molar-refractivity contribution < 1.29 is 0 Å². The first-order valence-electron chi connectivity index (χ1n) is 8.75. The van der Waals surface area contributed by atoms with Crippen molar-refractivity contribution >= 4 is 35.4 Å². The van der Waals surface area contributed by atoms with Gasteiger partial charge >= 0.3 is 0 Å². The second kappa shape index (κ2) is 10.4. The third-order valence-electron chi connectivity index (χ3n) is 3.90. The number of pyridine rings is 1. The Balaban J connectivity index is 0.000000211. The predicted octanol–water partition coefficient (Wildman–Crippen LogP) is 5.05. The van der Waals surface area contributed by atoms with Gasteiger partial charge in [-0.2, -0.15) is 5.26 Å². The molecule has 28 heavy (non-hydrogen) atoms. The van der Waals surface area contributed by atoms with Gasteiger partial charge in [0.1, 0.15) is 5.15 Å². The van der Waals surface area contributed by atoms with E-state index in [-0.39, 0.29) is 0 Å². The fourth-order valence-electron chi connectivity index (χ4n) is 2.65. The van der Waals surface area contributed by atoms with Gasteiger partial charge in [-0.25, -0.2) is 4.98 Å². The van der Waals surface area contributed by atoms with Crippen molar-refractivity contribution in [2.45, 2.75) is 0 Å². The number of nitrogens with zero attached hydrogens (tertiary/aromatic N) is 2. The fourth-order valence-corrected chi connectivity index (χ4v) is 5.13. The van der Waals surface area contributed by atoms with Gasteiger partial charge in [-0.15, -0.1) is 0 Å². The molecule has 0 fully saturated rings. The first kappa shape index (κ1) is 19.8. The molecule has 3 aromatic carbocycles. The summed E-state index contributed by atoms with van der Waals surface area (Å²) in [5, 5.41) is 12.9. The smallest absolute Gasteiger partial charge is 0.130 e. The zero-order valence-corrected chi connectivity index (χ0v) is 16.8. The summed E-state index contributed by atoms with van der Waals surface area (Å²) < 4.78 is 0. The van der Waals surface area contributed by atoms with Crippen LogP contribution in [0.2, 0.25) is 5.15 Å². The molecule has 0 aliphatic carbocycles. The Morgan fingerprint density at radius 3 is 1.43 bits per heavy atom. The molecule has 4 heteroatoms. The van der Waals surface area contributed by atoms with Gasteiger partial charge in [0.15, 0.2) is 0 Å². The highest BCUT2D eigenvalue weighted by Crippen LogP contribution is 2.32. The largest absolute Gasteiger partial charge is 0.244 e. The molecule has 0 spiro atoms. The number of rotatable bonds is 3. The quantitative estimate of drug-likeness (QED) is 0.356. The Kier molecular flexibility index (Phi) is 7.33. The SMILES string of the molecule is N#Cc1ccnc(Cl)c1.c1ccc(P(c2ccccc2)c2ccccc2)cc1. The topological polar surface area (TPSA) is 36.7 Å². The molecule has 2 nitrogen and oxygen atoms in total. The van der Waals surface area contributed by atoms with Gasteiger partial charge in [-0.1, -0.05) is 103 Å². The summed E-state index contributed by atoms with van der Waals surface area (Å²) in [6.07, 6.45) is 1.50. The monoisotopic (exact) mass is 400 g/mol. The molecule has 0 atom stereocenters. The van der Waals surface area contributed by atoms with E-state index in [0.29, 0.717) is 10.7 Å². The highest BCUT2D eigenvalue weighted by atomic mass is 35.5. The van der Waals surface area contributed by atoms with Crippen LogP contribution in [0, 0.1) is 11.3 Å². The summed E-state index contributed by atoms with van der Waals surface area (Å²) in [6.45, 7) is 0. The zero-order chi connectivity index (χ0) is 19.6. The van der Waals surface area contributed by atoms with Gasteiger partial charge in [0, 0.05) is 6.20 Å². The van der Waals surface area contributed by atoms with E-state index in [4.69, 9.17) is 16.9 Å². The molecule has 4 rings (SSSR count). The molecule has 0 radical (unpaired) electrons. The maximum absolute atomic E-state index is 8.33. The minimum atomic E-state index is -0.446. The van der Waals surface area contributed by atoms with E-state index in [0.717, 1.165) is 0 Å². The highest BCUT2D eigenvalue weighted by Gasteiger charge is 2.14. The molecule has 0 saturated carbocycles. The Bertz CT molecular complexity index is 938. The van der Waals surface area contributed by atoms with Crippen LogP contribution >= 0.6 is 19.5 Å². The van der Waals surface area contributed by atoms with Crippen molar-refractivity contribution in [3.05, 3.63) is 120 Å². The second-order valence-corrected chi connectivity index (χ2v) is 8.43. The molecule has 1 aromatic heterocycles. The molecule has 0 N–H and O–H groups in total. The van der Waals surface area contributed by atoms with Gasteiger partial charge in [0.05, 0.1) is 11.6 Å². The van der Waals surface area contributed by atoms with E-state index in [1.54, 1.807) is 6.07 Å². The maximum Gasteiger partial charge on any atom is 0.130 e. The van der Waals surface area contributed by atoms with Crippen LogP contribution in [-0.2, 0) is 0 Å². The molecule has 0 bridgehead atoms. The van der Waals surface area contributed by atoms with Crippen molar-refractivity contribution in [3.8, 4) is 6.07 Å². The second-order valence-electron chi connectivity index (χ2n) is 5.82. The van der Waals surface area contributed by atoms with E-state index in [9.17, 15) is 0 Å². The first-order valence-corrected chi connectivity index (χ1v) is 10.5. The average molecular weight is 401 g/mol. The van der Waals surface area contributed by atoms with Gasteiger partial charge in [-0.3, -0.25) is 0 Å². The van der Waals surface area contributed by atoms with Crippen LogP contribution < -0.4 is 15.9 Å². The molecule has 0 unspecified atom stereocenters. The van der Waals surface area contributed by atoms with Crippen molar-refractivity contribution in [3.63, 3.8) is 0 Å². The standard InChI is InChI=1S/C18H15P.C6H3ClN2/c1-4-10-16(11-5-1)19(17-12-6-2-7-13-17)18-14-8-3-9-15-18;7-6-3-5(4-8)1-2-9-6/h1-15H;1-3H. The molecular formula is C24H18ClN2P. The molecule has 0 amide bonds. The van der Waals surface area contributed by atoms with E-state index < -0.39 is 7.92 Å². The Hall–Kier alpha value is -2.98. The van der Waals surface area contributed by atoms with Gasteiger partial charge < -0.3 is 0 Å². The minimum Gasteiger partial charge on any atom is -0.244 e. The molecule has 0 saturated heterocycles. The molecule has 1 heterocycles. The van der Waals surface area contributed by atoms with Crippen LogP contribution in [0.1, 0.15) is 5.56 Å². The summed E-state index contributed by atoms with van der Waals surface area (Å²) in [4.78, 5) is 3.70. The van der Waals surface area contributed by atoms with Crippen LogP contribution in [0.5, 0.6) is 0 Å². The number of halogens is 1. The van der Waals surface area contributed by atoms with Crippen molar-refractivity contribution in [2.24, 2.45) is 0 Å². The minimum absolute atomic E-state index is 0.356. The van der Waals surface area contributed by atoms with Crippen LogP contribution in [0.3, 0.4) is 0 Å². The third-order valence-corrected chi connectivity index (χ3v) is 6.55. The van der Waals surface area contributed by atoms with E-state index in [1.807, 2.05) is 6.07 Å². The molecule has 0 aliphatic rings. The number of hydrogen-bond donors (Lipinski definition) is 0. The Labute approximate surface area is 171 Å². The predicted molar refractivity (Wildman–Crippen MR) is 119 cm³/mol. The van der Waals surface area contributed by atoms with Crippen molar-refractivity contribution in [2.75, 3.05) is 0 Å².